The largest absolute Gasteiger partial charge is 0.354 e. The van der Waals surface area contributed by atoms with Gasteiger partial charge in [-0.1, -0.05) is 18.5 Å². The van der Waals surface area contributed by atoms with E-state index < -0.39 is 0 Å². The monoisotopic (exact) mass is 240 g/mol. The first-order valence-corrected chi connectivity index (χ1v) is 5.98. The topological polar surface area (TPSA) is 49.8 Å². The average molecular weight is 241 g/mol. The van der Waals surface area contributed by atoms with E-state index in [1.54, 1.807) is 12.4 Å². The molecule has 2 N–H and O–H groups in total. The van der Waals surface area contributed by atoms with E-state index in [9.17, 15) is 0 Å². The Hall–Kier alpha value is -0.870. The molecule has 1 saturated heterocycles. The van der Waals surface area contributed by atoms with Gasteiger partial charge < -0.3 is 10.6 Å². The zero-order chi connectivity index (χ0) is 11.4. The molecule has 16 heavy (non-hydrogen) atoms. The van der Waals surface area contributed by atoms with Gasteiger partial charge in [-0.15, -0.1) is 0 Å². The smallest absolute Gasteiger partial charge is 0.222 e. The van der Waals surface area contributed by atoms with E-state index in [0.29, 0.717) is 16.4 Å². The van der Waals surface area contributed by atoms with Gasteiger partial charge in [0, 0.05) is 13.1 Å². The van der Waals surface area contributed by atoms with Gasteiger partial charge in [0.2, 0.25) is 5.95 Å². The van der Waals surface area contributed by atoms with E-state index in [-0.39, 0.29) is 0 Å². The summed E-state index contributed by atoms with van der Waals surface area (Å²) in [6, 6.07) is 0. The summed E-state index contributed by atoms with van der Waals surface area (Å²) in [5.74, 6) is 0.649. The third-order valence-electron chi connectivity index (χ3n) is 2.98. The molecule has 2 rings (SSSR count). The minimum absolute atomic E-state index is 0.293. The molecule has 0 bridgehead atoms. The molecule has 1 aliphatic heterocycles. The highest BCUT2D eigenvalue weighted by Crippen LogP contribution is 2.25. The number of rotatable bonds is 3. The van der Waals surface area contributed by atoms with Crippen LogP contribution in [0.5, 0.6) is 0 Å². The lowest BCUT2D eigenvalue weighted by molar-refractivity contribution is 0.253. The van der Waals surface area contributed by atoms with Crippen molar-refractivity contribution in [3.63, 3.8) is 0 Å². The fourth-order valence-corrected chi connectivity index (χ4v) is 2.06. The van der Waals surface area contributed by atoms with Crippen molar-refractivity contribution in [2.75, 3.05) is 25.0 Å². The fraction of sp³-hybridized carbons (Fsp3) is 0.636. The third kappa shape index (κ3) is 3.06. The van der Waals surface area contributed by atoms with E-state index in [1.807, 2.05) is 0 Å². The Morgan fingerprint density at radius 1 is 1.50 bits per heavy atom. The van der Waals surface area contributed by atoms with Gasteiger partial charge in [0.1, 0.15) is 0 Å². The standard InChI is InChI=1S/C11H17ClN4/c1-11(3-2-4-13-7-11)8-16-10-14-5-9(12)6-15-10/h5-6,13H,2-4,7-8H2,1H3,(H,14,15,16). The summed E-state index contributed by atoms with van der Waals surface area (Å²) in [6.07, 6.45) is 5.69. The van der Waals surface area contributed by atoms with Crippen LogP contribution in [0.2, 0.25) is 5.02 Å². The maximum atomic E-state index is 5.73. The Bertz CT molecular complexity index is 332. The molecule has 1 atom stereocenters. The van der Waals surface area contributed by atoms with Crippen molar-refractivity contribution in [3.8, 4) is 0 Å². The van der Waals surface area contributed by atoms with Gasteiger partial charge in [-0.05, 0) is 24.8 Å². The van der Waals surface area contributed by atoms with Crippen molar-refractivity contribution < 1.29 is 0 Å². The van der Waals surface area contributed by atoms with E-state index in [2.05, 4.69) is 27.5 Å². The van der Waals surface area contributed by atoms with Gasteiger partial charge in [-0.3, -0.25) is 0 Å². The second kappa shape index (κ2) is 4.97. The summed E-state index contributed by atoms with van der Waals surface area (Å²) in [5.41, 5.74) is 0.293. The normalized spacial score (nSPS) is 25.4. The van der Waals surface area contributed by atoms with E-state index >= 15 is 0 Å². The molecule has 0 radical (unpaired) electrons. The molecule has 2 heterocycles. The molecule has 0 saturated carbocycles. The number of aromatic nitrogens is 2. The number of anilines is 1. The molecule has 1 unspecified atom stereocenters. The van der Waals surface area contributed by atoms with Crippen LogP contribution in [0, 0.1) is 5.41 Å². The quantitative estimate of drug-likeness (QED) is 0.848. The summed E-state index contributed by atoms with van der Waals surface area (Å²) >= 11 is 5.73. The molecule has 0 aromatic carbocycles. The number of nitrogens with zero attached hydrogens (tertiary/aromatic N) is 2. The Morgan fingerprint density at radius 2 is 2.25 bits per heavy atom. The van der Waals surface area contributed by atoms with Crippen LogP contribution in [0.25, 0.3) is 0 Å². The molecule has 5 heteroatoms. The Kier molecular flexibility index (Phi) is 3.61. The number of hydrogen-bond donors (Lipinski definition) is 2. The molecule has 1 aromatic rings. The van der Waals surface area contributed by atoms with Crippen LogP contribution in [0.3, 0.4) is 0 Å². The maximum absolute atomic E-state index is 5.73. The second-order valence-corrected chi connectivity index (χ2v) is 5.11. The van der Waals surface area contributed by atoms with Gasteiger partial charge in [0.15, 0.2) is 0 Å². The van der Waals surface area contributed by atoms with Crippen LogP contribution in [0.1, 0.15) is 19.8 Å². The van der Waals surface area contributed by atoms with Crippen LogP contribution in [0.15, 0.2) is 12.4 Å². The number of hydrogen-bond acceptors (Lipinski definition) is 4. The lowest BCUT2D eigenvalue weighted by Crippen LogP contribution is -2.42. The van der Waals surface area contributed by atoms with Crippen molar-refractivity contribution in [3.05, 3.63) is 17.4 Å². The Labute approximate surface area is 101 Å². The lowest BCUT2D eigenvalue weighted by atomic mass is 9.83. The first kappa shape index (κ1) is 11.6. The van der Waals surface area contributed by atoms with Crippen LogP contribution < -0.4 is 10.6 Å². The lowest BCUT2D eigenvalue weighted by Gasteiger charge is -2.34. The number of nitrogens with one attached hydrogen (secondary N) is 2. The van der Waals surface area contributed by atoms with Crippen molar-refractivity contribution in [1.82, 2.24) is 15.3 Å². The predicted molar refractivity (Wildman–Crippen MR) is 65.7 cm³/mol. The van der Waals surface area contributed by atoms with Crippen molar-refractivity contribution in [2.24, 2.45) is 5.41 Å². The third-order valence-corrected chi connectivity index (χ3v) is 3.17. The maximum Gasteiger partial charge on any atom is 0.222 e. The van der Waals surface area contributed by atoms with Crippen LogP contribution >= 0.6 is 11.6 Å². The highest BCUT2D eigenvalue weighted by molar-refractivity contribution is 6.30. The number of piperidine rings is 1. The minimum atomic E-state index is 0.293. The molecule has 0 amide bonds. The predicted octanol–water partition coefficient (Wildman–Crippen LogP) is 1.93. The Morgan fingerprint density at radius 3 is 2.88 bits per heavy atom. The molecule has 0 spiro atoms. The van der Waals surface area contributed by atoms with E-state index in [1.165, 1.54) is 12.8 Å². The first-order chi connectivity index (χ1) is 7.68. The van der Waals surface area contributed by atoms with Gasteiger partial charge in [0.25, 0.3) is 0 Å². The molecule has 1 aliphatic rings. The zero-order valence-corrected chi connectivity index (χ0v) is 10.2. The van der Waals surface area contributed by atoms with Gasteiger partial charge in [0.05, 0.1) is 17.4 Å². The minimum Gasteiger partial charge on any atom is -0.354 e. The van der Waals surface area contributed by atoms with Gasteiger partial charge in [-0.25, -0.2) is 9.97 Å². The summed E-state index contributed by atoms with van der Waals surface area (Å²) < 4.78 is 0. The summed E-state index contributed by atoms with van der Waals surface area (Å²) in [7, 11) is 0. The summed E-state index contributed by atoms with van der Waals surface area (Å²) in [4.78, 5) is 8.24. The highest BCUT2D eigenvalue weighted by Gasteiger charge is 2.26. The van der Waals surface area contributed by atoms with Crippen molar-refractivity contribution >= 4 is 17.5 Å². The van der Waals surface area contributed by atoms with Crippen LogP contribution in [-0.4, -0.2) is 29.6 Å². The first-order valence-electron chi connectivity index (χ1n) is 5.60. The second-order valence-electron chi connectivity index (χ2n) is 4.67. The average Bonchev–Trinajstić information content (AvgIpc) is 2.29. The molecule has 4 nitrogen and oxygen atoms in total. The van der Waals surface area contributed by atoms with Crippen LogP contribution in [-0.2, 0) is 0 Å². The molecular formula is C11H17ClN4. The van der Waals surface area contributed by atoms with Crippen LogP contribution in [0.4, 0.5) is 5.95 Å². The summed E-state index contributed by atoms with van der Waals surface area (Å²) in [5, 5.41) is 7.25. The molecule has 1 fully saturated rings. The van der Waals surface area contributed by atoms with Gasteiger partial charge in [-0.2, -0.15) is 0 Å². The van der Waals surface area contributed by atoms with E-state index in [4.69, 9.17) is 11.6 Å². The number of halogens is 1. The van der Waals surface area contributed by atoms with Crippen molar-refractivity contribution in [1.29, 1.82) is 0 Å². The molecule has 88 valence electrons. The highest BCUT2D eigenvalue weighted by atomic mass is 35.5. The molecule has 1 aromatic heterocycles. The zero-order valence-electron chi connectivity index (χ0n) is 9.46. The molecular weight excluding hydrogens is 224 g/mol. The SMILES string of the molecule is CC1(CNc2ncc(Cl)cn2)CCCNC1. The molecule has 0 aliphatic carbocycles. The fourth-order valence-electron chi connectivity index (χ4n) is 1.97. The summed E-state index contributed by atoms with van der Waals surface area (Å²) in [6.45, 7) is 5.35. The Balaban J connectivity index is 1.88. The van der Waals surface area contributed by atoms with E-state index in [0.717, 1.165) is 19.6 Å². The van der Waals surface area contributed by atoms with Gasteiger partial charge >= 0.3 is 0 Å². The van der Waals surface area contributed by atoms with Crippen molar-refractivity contribution in [2.45, 2.75) is 19.8 Å².